The van der Waals surface area contributed by atoms with E-state index in [4.69, 9.17) is 4.74 Å². The van der Waals surface area contributed by atoms with Crippen molar-refractivity contribution < 1.29 is 9.53 Å². The van der Waals surface area contributed by atoms with Crippen molar-refractivity contribution in [2.24, 2.45) is 0 Å². The van der Waals surface area contributed by atoms with Gasteiger partial charge in [-0.3, -0.25) is 4.79 Å². The second kappa shape index (κ2) is 5.22. The van der Waals surface area contributed by atoms with Crippen molar-refractivity contribution in [3.63, 3.8) is 0 Å². The highest BCUT2D eigenvalue weighted by Gasteiger charge is 2.15. The average Bonchev–Trinajstić information content (AvgIpc) is 2.49. The number of aromatic nitrogens is 3. The third-order valence-electron chi connectivity index (χ3n) is 3.65. The standard InChI is InChI=1S/C16H15N3O3/c1-4-22-16(21)12-7-17-14-11-5-9(2)10(3)6-13(11)18-8-19(14)15(12)20/h5-8H,4H2,1-3H3. The number of carbonyl (C=O) groups excluding carboxylic acids is 1. The van der Waals surface area contributed by atoms with E-state index in [1.165, 1.54) is 16.9 Å². The summed E-state index contributed by atoms with van der Waals surface area (Å²) in [4.78, 5) is 32.8. The summed E-state index contributed by atoms with van der Waals surface area (Å²) in [5.41, 5.74) is 2.88. The molecule has 0 amide bonds. The maximum atomic E-state index is 12.4. The van der Waals surface area contributed by atoms with E-state index in [0.29, 0.717) is 5.65 Å². The van der Waals surface area contributed by atoms with Gasteiger partial charge in [-0.1, -0.05) is 0 Å². The van der Waals surface area contributed by atoms with Crippen LogP contribution in [0.2, 0.25) is 0 Å². The lowest BCUT2D eigenvalue weighted by atomic mass is 10.1. The number of nitrogens with zero attached hydrogens (tertiary/aromatic N) is 3. The fraction of sp³-hybridized carbons (Fsp3) is 0.250. The fourth-order valence-corrected chi connectivity index (χ4v) is 2.33. The molecule has 0 atom stereocenters. The van der Waals surface area contributed by atoms with Crippen LogP contribution in [-0.4, -0.2) is 26.9 Å². The molecular formula is C16H15N3O3. The van der Waals surface area contributed by atoms with Gasteiger partial charge in [0.1, 0.15) is 17.5 Å². The summed E-state index contributed by atoms with van der Waals surface area (Å²) in [7, 11) is 0. The number of rotatable bonds is 2. The maximum absolute atomic E-state index is 12.4. The van der Waals surface area contributed by atoms with Gasteiger partial charge in [0, 0.05) is 11.6 Å². The Morgan fingerprint density at radius 3 is 2.68 bits per heavy atom. The molecule has 1 aromatic carbocycles. The van der Waals surface area contributed by atoms with Gasteiger partial charge in [-0.25, -0.2) is 19.2 Å². The molecule has 0 N–H and O–H groups in total. The Morgan fingerprint density at radius 2 is 1.95 bits per heavy atom. The Labute approximate surface area is 126 Å². The van der Waals surface area contributed by atoms with E-state index in [2.05, 4.69) is 9.97 Å². The Morgan fingerprint density at radius 1 is 1.23 bits per heavy atom. The highest BCUT2D eigenvalue weighted by molar-refractivity contribution is 5.93. The van der Waals surface area contributed by atoms with Crippen molar-refractivity contribution in [3.8, 4) is 0 Å². The molecule has 6 heteroatoms. The van der Waals surface area contributed by atoms with E-state index in [0.717, 1.165) is 22.0 Å². The molecule has 0 aliphatic heterocycles. The first-order valence-electron chi connectivity index (χ1n) is 6.97. The molecule has 6 nitrogen and oxygen atoms in total. The van der Waals surface area contributed by atoms with Crippen molar-refractivity contribution >= 4 is 22.5 Å². The topological polar surface area (TPSA) is 73.6 Å². The highest BCUT2D eigenvalue weighted by atomic mass is 16.5. The predicted octanol–water partition coefficient (Wildman–Crippen LogP) is 2.04. The second-order valence-electron chi connectivity index (χ2n) is 5.09. The number of fused-ring (bicyclic) bond motifs is 3. The molecule has 0 fully saturated rings. The summed E-state index contributed by atoms with van der Waals surface area (Å²) in [5, 5.41) is 0.776. The van der Waals surface area contributed by atoms with E-state index in [1.807, 2.05) is 26.0 Å². The van der Waals surface area contributed by atoms with Crippen LogP contribution < -0.4 is 5.56 Å². The Bertz CT molecular complexity index is 960. The summed E-state index contributed by atoms with van der Waals surface area (Å²) < 4.78 is 6.15. The van der Waals surface area contributed by atoms with Crippen LogP contribution in [0.25, 0.3) is 16.6 Å². The molecule has 0 radical (unpaired) electrons. The normalized spacial score (nSPS) is 11.0. The number of ether oxygens (including phenoxy) is 1. The molecule has 112 valence electrons. The molecule has 0 saturated heterocycles. The lowest BCUT2D eigenvalue weighted by Crippen LogP contribution is -2.24. The van der Waals surface area contributed by atoms with Crippen molar-refractivity contribution in [1.82, 2.24) is 14.4 Å². The van der Waals surface area contributed by atoms with Gasteiger partial charge in [0.15, 0.2) is 0 Å². The molecule has 0 unspecified atom stereocenters. The summed E-state index contributed by atoms with van der Waals surface area (Å²) in [5.74, 6) is -0.672. The zero-order valence-corrected chi connectivity index (χ0v) is 12.6. The number of aryl methyl sites for hydroxylation is 2. The second-order valence-corrected chi connectivity index (χ2v) is 5.09. The average molecular weight is 297 g/mol. The van der Waals surface area contributed by atoms with Crippen LogP contribution in [0.5, 0.6) is 0 Å². The molecule has 0 aliphatic rings. The smallest absolute Gasteiger partial charge is 0.345 e. The zero-order chi connectivity index (χ0) is 15.9. The van der Waals surface area contributed by atoms with Crippen LogP contribution in [0.1, 0.15) is 28.4 Å². The van der Waals surface area contributed by atoms with Crippen LogP contribution in [-0.2, 0) is 4.74 Å². The van der Waals surface area contributed by atoms with Crippen LogP contribution in [0.4, 0.5) is 0 Å². The van der Waals surface area contributed by atoms with Gasteiger partial charge >= 0.3 is 5.97 Å². The number of hydrogen-bond donors (Lipinski definition) is 0. The SMILES string of the molecule is CCOC(=O)c1cnc2c3cc(C)c(C)cc3ncn2c1=O. The number of esters is 1. The first-order chi connectivity index (χ1) is 10.5. The van der Waals surface area contributed by atoms with Gasteiger partial charge < -0.3 is 4.74 Å². The van der Waals surface area contributed by atoms with Gasteiger partial charge in [0.25, 0.3) is 5.56 Å². The van der Waals surface area contributed by atoms with Gasteiger partial charge in [-0.2, -0.15) is 0 Å². The first-order valence-corrected chi connectivity index (χ1v) is 6.97. The minimum absolute atomic E-state index is 0.0932. The lowest BCUT2D eigenvalue weighted by Gasteiger charge is -2.08. The number of benzene rings is 1. The summed E-state index contributed by atoms with van der Waals surface area (Å²) >= 11 is 0. The van der Waals surface area contributed by atoms with Gasteiger partial charge in [-0.15, -0.1) is 0 Å². The van der Waals surface area contributed by atoms with Crippen molar-refractivity contribution in [1.29, 1.82) is 0 Å². The summed E-state index contributed by atoms with van der Waals surface area (Å²) in [6.07, 6.45) is 2.66. The first kappa shape index (κ1) is 14.2. The molecule has 3 rings (SSSR count). The fourth-order valence-electron chi connectivity index (χ4n) is 2.33. The van der Waals surface area contributed by atoms with Crippen LogP contribution in [0, 0.1) is 13.8 Å². The Kier molecular flexibility index (Phi) is 3.36. The minimum Gasteiger partial charge on any atom is -0.462 e. The molecule has 0 spiro atoms. The third-order valence-corrected chi connectivity index (χ3v) is 3.65. The van der Waals surface area contributed by atoms with Crippen LogP contribution in [0.15, 0.2) is 29.5 Å². The number of carbonyl (C=O) groups is 1. The van der Waals surface area contributed by atoms with E-state index >= 15 is 0 Å². The molecular weight excluding hydrogens is 282 g/mol. The van der Waals surface area contributed by atoms with Crippen LogP contribution in [0.3, 0.4) is 0 Å². The minimum atomic E-state index is -0.672. The van der Waals surface area contributed by atoms with Gasteiger partial charge in [0.05, 0.1) is 12.1 Å². The van der Waals surface area contributed by atoms with Gasteiger partial charge in [-0.05, 0) is 44.0 Å². The molecule has 2 heterocycles. The third kappa shape index (κ3) is 2.13. The number of hydrogen-bond acceptors (Lipinski definition) is 5. The quantitative estimate of drug-likeness (QED) is 0.534. The Balaban J connectivity index is 2.33. The van der Waals surface area contributed by atoms with Crippen molar-refractivity contribution in [3.05, 3.63) is 51.7 Å². The molecule has 2 aromatic heterocycles. The summed E-state index contributed by atoms with van der Waals surface area (Å²) in [6, 6.07) is 3.90. The highest BCUT2D eigenvalue weighted by Crippen LogP contribution is 2.20. The van der Waals surface area contributed by atoms with Crippen molar-refractivity contribution in [2.75, 3.05) is 6.61 Å². The van der Waals surface area contributed by atoms with E-state index in [-0.39, 0.29) is 12.2 Å². The van der Waals surface area contributed by atoms with Crippen LogP contribution >= 0.6 is 0 Å². The Hall–Kier alpha value is -2.76. The largest absolute Gasteiger partial charge is 0.462 e. The van der Waals surface area contributed by atoms with E-state index in [1.54, 1.807) is 6.92 Å². The van der Waals surface area contributed by atoms with Crippen molar-refractivity contribution in [2.45, 2.75) is 20.8 Å². The van der Waals surface area contributed by atoms with Gasteiger partial charge in [0.2, 0.25) is 0 Å². The molecule has 0 saturated carbocycles. The van der Waals surface area contributed by atoms with E-state index in [9.17, 15) is 9.59 Å². The molecule has 22 heavy (non-hydrogen) atoms. The summed E-state index contributed by atoms with van der Waals surface area (Å²) in [6.45, 7) is 5.88. The maximum Gasteiger partial charge on any atom is 0.345 e. The van der Waals surface area contributed by atoms with E-state index < -0.39 is 11.5 Å². The zero-order valence-electron chi connectivity index (χ0n) is 12.6. The monoisotopic (exact) mass is 297 g/mol. The lowest BCUT2D eigenvalue weighted by molar-refractivity contribution is 0.0523. The predicted molar refractivity (Wildman–Crippen MR) is 82.2 cm³/mol. The molecule has 0 aliphatic carbocycles. The molecule has 3 aromatic rings. The molecule has 0 bridgehead atoms.